The van der Waals surface area contributed by atoms with E-state index in [0.29, 0.717) is 58.4 Å². The molecule has 2 saturated heterocycles. The fraction of sp³-hybridized carbons (Fsp3) is 0.455. The first-order valence-corrected chi connectivity index (χ1v) is 20.7. The number of nitrogens with zero attached hydrogens (tertiary/aromatic N) is 5. The lowest BCUT2D eigenvalue weighted by molar-refractivity contribution is -0.136. The first kappa shape index (κ1) is 37.3. The number of fused-ring (bicyclic) bond motifs is 3. The lowest BCUT2D eigenvalue weighted by Crippen LogP contribution is -2.54. The number of benzene rings is 3. The van der Waals surface area contributed by atoms with Gasteiger partial charge in [-0.2, -0.15) is 5.26 Å². The number of piperidine rings is 2. The minimum Gasteiger partial charge on any atom is -0.372 e. The van der Waals surface area contributed by atoms with E-state index in [4.69, 9.17) is 11.6 Å². The van der Waals surface area contributed by atoms with E-state index in [2.05, 4.69) is 50.5 Å². The van der Waals surface area contributed by atoms with Crippen LogP contribution in [0.15, 0.2) is 48.5 Å². The van der Waals surface area contributed by atoms with Gasteiger partial charge in [0, 0.05) is 74.2 Å². The Hall–Kier alpha value is -5.25. The second-order valence-corrected chi connectivity index (χ2v) is 17.2. The summed E-state index contributed by atoms with van der Waals surface area (Å²) in [5.41, 5.74) is 7.43. The van der Waals surface area contributed by atoms with Gasteiger partial charge in [-0.1, -0.05) is 11.6 Å². The van der Waals surface area contributed by atoms with Gasteiger partial charge in [-0.05, 0) is 129 Å². The number of amides is 5. The average molecular weight is 788 g/mol. The summed E-state index contributed by atoms with van der Waals surface area (Å²) in [5.74, 6) is -1.42. The zero-order valence-corrected chi connectivity index (χ0v) is 32.8. The van der Waals surface area contributed by atoms with E-state index < -0.39 is 23.8 Å². The number of nitrogens with one attached hydrogen (secondary N) is 2. The predicted molar refractivity (Wildman–Crippen MR) is 214 cm³/mol. The summed E-state index contributed by atoms with van der Waals surface area (Å²) < 4.78 is 0. The summed E-state index contributed by atoms with van der Waals surface area (Å²) in [6, 6.07) is 17.6. The third-order valence-corrected chi connectivity index (χ3v) is 13.5. The van der Waals surface area contributed by atoms with Gasteiger partial charge in [0.1, 0.15) is 12.1 Å². The van der Waals surface area contributed by atoms with Gasteiger partial charge in [-0.15, -0.1) is 0 Å². The SMILES string of the molecule is C[C@@H]1Cc2cc(C#N)c(Cl)cc2N1C1CCC(NC(=O)c2ccc(N3CCC(CN4Cc5cc6c(cc5C4)C(=O)N(C4CCC(=O)NC4=O)C6=O)CC3)cc2)CC1. The Morgan fingerprint density at radius 3 is 2.18 bits per heavy atom. The maximum Gasteiger partial charge on any atom is 0.262 e. The van der Waals surface area contributed by atoms with Crippen molar-refractivity contribution in [3.8, 4) is 6.07 Å². The van der Waals surface area contributed by atoms with Crippen molar-refractivity contribution < 1.29 is 24.0 Å². The van der Waals surface area contributed by atoms with E-state index in [1.165, 1.54) is 5.56 Å². The minimum absolute atomic E-state index is 0.0309. The molecule has 0 bridgehead atoms. The normalized spacial score (nSPS) is 25.0. The highest BCUT2D eigenvalue weighted by molar-refractivity contribution is 6.32. The molecule has 0 aromatic heterocycles. The molecule has 1 aliphatic carbocycles. The maximum absolute atomic E-state index is 13.3. The van der Waals surface area contributed by atoms with Crippen LogP contribution in [0.5, 0.6) is 0 Å². The number of rotatable bonds is 7. The number of carbonyl (C=O) groups excluding carboxylic acids is 5. The number of imide groups is 2. The van der Waals surface area contributed by atoms with Crippen LogP contribution in [0.3, 0.4) is 0 Å². The second kappa shape index (κ2) is 14.9. The molecule has 12 nitrogen and oxygen atoms in total. The lowest BCUT2D eigenvalue weighted by Gasteiger charge is -2.39. The summed E-state index contributed by atoms with van der Waals surface area (Å²) >= 11 is 6.41. The predicted octanol–water partition coefficient (Wildman–Crippen LogP) is 5.34. The van der Waals surface area contributed by atoms with Gasteiger partial charge >= 0.3 is 0 Å². The maximum atomic E-state index is 13.3. The van der Waals surface area contributed by atoms with E-state index in [0.717, 1.165) is 92.0 Å². The molecule has 5 amide bonds. The summed E-state index contributed by atoms with van der Waals surface area (Å²) in [6.45, 7) is 6.44. The van der Waals surface area contributed by atoms with Crippen molar-refractivity contribution >= 4 is 52.5 Å². The molecule has 5 heterocycles. The van der Waals surface area contributed by atoms with E-state index >= 15 is 0 Å². The molecule has 1 unspecified atom stereocenters. The molecule has 9 rings (SSSR count). The lowest BCUT2D eigenvalue weighted by atomic mass is 9.89. The zero-order valence-electron chi connectivity index (χ0n) is 32.1. The van der Waals surface area contributed by atoms with Crippen molar-refractivity contribution in [2.45, 2.75) is 102 Å². The van der Waals surface area contributed by atoms with Crippen LogP contribution >= 0.6 is 11.6 Å². The van der Waals surface area contributed by atoms with E-state index in [9.17, 15) is 29.2 Å². The Labute approximate surface area is 337 Å². The monoisotopic (exact) mass is 787 g/mol. The van der Waals surface area contributed by atoms with Crippen LogP contribution in [-0.2, 0) is 29.1 Å². The number of nitriles is 1. The summed E-state index contributed by atoms with van der Waals surface area (Å²) in [4.78, 5) is 72.3. The molecule has 0 spiro atoms. The molecule has 6 aliphatic rings. The van der Waals surface area contributed by atoms with Gasteiger partial charge in [-0.3, -0.25) is 39.1 Å². The van der Waals surface area contributed by atoms with Gasteiger partial charge in [-0.25, -0.2) is 0 Å². The quantitative estimate of drug-likeness (QED) is 0.303. The summed E-state index contributed by atoms with van der Waals surface area (Å²) in [7, 11) is 0. The molecule has 1 saturated carbocycles. The Balaban J connectivity index is 0.733. The third-order valence-electron chi connectivity index (χ3n) is 13.2. The highest BCUT2D eigenvalue weighted by Crippen LogP contribution is 2.41. The molecule has 2 N–H and O–H groups in total. The summed E-state index contributed by atoms with van der Waals surface area (Å²) in [6.07, 6.45) is 7.06. The van der Waals surface area contributed by atoms with Gasteiger partial charge in [0.15, 0.2) is 0 Å². The molecular formula is C44H46ClN7O5. The topological polar surface area (TPSA) is 146 Å². The highest BCUT2D eigenvalue weighted by atomic mass is 35.5. The molecule has 3 aromatic rings. The van der Waals surface area contributed by atoms with E-state index in [1.54, 1.807) is 0 Å². The molecule has 13 heteroatoms. The van der Waals surface area contributed by atoms with Gasteiger partial charge in [0.2, 0.25) is 11.8 Å². The van der Waals surface area contributed by atoms with Crippen LogP contribution in [0.1, 0.15) is 112 Å². The Morgan fingerprint density at radius 2 is 1.54 bits per heavy atom. The van der Waals surface area contributed by atoms with Crippen molar-refractivity contribution in [3.63, 3.8) is 0 Å². The number of hydrogen-bond acceptors (Lipinski definition) is 9. The molecule has 5 aliphatic heterocycles. The highest BCUT2D eigenvalue weighted by Gasteiger charge is 2.45. The molecule has 57 heavy (non-hydrogen) atoms. The molecule has 0 radical (unpaired) electrons. The van der Waals surface area contributed by atoms with Crippen molar-refractivity contribution in [3.05, 3.63) is 92.5 Å². The fourth-order valence-corrected chi connectivity index (χ4v) is 10.4. The van der Waals surface area contributed by atoms with Crippen LogP contribution < -0.4 is 20.4 Å². The Morgan fingerprint density at radius 1 is 0.877 bits per heavy atom. The van der Waals surface area contributed by atoms with Crippen LogP contribution in [0.25, 0.3) is 0 Å². The first-order valence-electron chi connectivity index (χ1n) is 20.3. The van der Waals surface area contributed by atoms with Crippen LogP contribution in [0.2, 0.25) is 5.02 Å². The molecule has 3 aromatic carbocycles. The number of halogens is 1. The van der Waals surface area contributed by atoms with Crippen LogP contribution in [0.4, 0.5) is 11.4 Å². The fourth-order valence-electron chi connectivity index (χ4n) is 10.2. The minimum atomic E-state index is -0.960. The third kappa shape index (κ3) is 6.95. The van der Waals surface area contributed by atoms with Crippen LogP contribution in [-0.4, -0.2) is 83.1 Å². The smallest absolute Gasteiger partial charge is 0.262 e. The number of anilines is 2. The van der Waals surface area contributed by atoms with Crippen molar-refractivity contribution in [1.82, 2.24) is 20.4 Å². The molecule has 294 valence electrons. The number of carbonyl (C=O) groups is 5. The second-order valence-electron chi connectivity index (χ2n) is 16.8. The first-order chi connectivity index (χ1) is 27.5. The van der Waals surface area contributed by atoms with Crippen molar-refractivity contribution in [1.29, 1.82) is 5.26 Å². The van der Waals surface area contributed by atoms with Crippen molar-refractivity contribution in [2.24, 2.45) is 5.92 Å². The molecular weight excluding hydrogens is 742 g/mol. The standard InChI is InChI=1S/C44H46ClN7O5/c1-25-16-28-17-29(21-46)37(45)20-39(28)51(25)34-8-4-32(5-9-34)47-41(54)27-2-6-33(7-3-27)50-14-12-26(13-15-50)22-49-23-30-18-35-36(19-31(30)24-49)44(57)52(43(35)56)38-10-11-40(53)48-42(38)55/h2-3,6-7,17-20,25-26,32,34,38H,4-5,8-16,22-24H2,1H3,(H,47,54)(H,48,53,55)/t25-,32?,34?,38?/m1/s1. The Bertz CT molecular complexity index is 2180. The molecule has 2 atom stereocenters. The summed E-state index contributed by atoms with van der Waals surface area (Å²) in [5, 5.41) is 15.5. The number of hydrogen-bond donors (Lipinski definition) is 2. The molecule has 3 fully saturated rings. The average Bonchev–Trinajstić information content (AvgIpc) is 3.83. The van der Waals surface area contributed by atoms with Gasteiger partial charge in [0.25, 0.3) is 17.7 Å². The van der Waals surface area contributed by atoms with Crippen LogP contribution in [0, 0.1) is 17.2 Å². The van der Waals surface area contributed by atoms with E-state index in [1.807, 2.05) is 36.4 Å². The van der Waals surface area contributed by atoms with Gasteiger partial charge in [0.05, 0.1) is 21.7 Å². The Kier molecular flexibility index (Phi) is 9.77. The van der Waals surface area contributed by atoms with E-state index in [-0.39, 0.29) is 30.7 Å². The zero-order chi connectivity index (χ0) is 39.5. The van der Waals surface area contributed by atoms with Gasteiger partial charge < -0.3 is 15.1 Å². The largest absolute Gasteiger partial charge is 0.372 e. The van der Waals surface area contributed by atoms with Crippen molar-refractivity contribution in [2.75, 3.05) is 29.4 Å².